The molecule has 0 saturated carbocycles. The topological polar surface area (TPSA) is 66.5 Å². The minimum absolute atomic E-state index is 0.145. The van der Waals surface area contributed by atoms with Gasteiger partial charge in [-0.1, -0.05) is 22.9 Å². The maximum Gasteiger partial charge on any atom is 0.120 e. The third kappa shape index (κ3) is 2.26. The first-order valence-corrected chi connectivity index (χ1v) is 5.27. The molecule has 0 fully saturated rings. The van der Waals surface area contributed by atoms with Crippen LogP contribution in [0.1, 0.15) is 24.1 Å². The van der Waals surface area contributed by atoms with Crippen LogP contribution in [-0.2, 0) is 6.42 Å². The Morgan fingerprint density at radius 1 is 1.50 bits per heavy atom. The smallest absolute Gasteiger partial charge is 0.120 e. The van der Waals surface area contributed by atoms with Gasteiger partial charge in [-0.2, -0.15) is 0 Å². The summed E-state index contributed by atoms with van der Waals surface area (Å²) >= 11 is 3.39. The molecule has 0 bridgehead atoms. The van der Waals surface area contributed by atoms with E-state index >= 15 is 0 Å². The van der Waals surface area contributed by atoms with Gasteiger partial charge in [0.25, 0.3) is 0 Å². The summed E-state index contributed by atoms with van der Waals surface area (Å²) in [6.07, 6.45) is 0.836. The van der Waals surface area contributed by atoms with Gasteiger partial charge in [-0.25, -0.2) is 0 Å². The van der Waals surface area contributed by atoms with E-state index in [1.54, 1.807) is 12.1 Å². The number of aliphatic hydroxyl groups excluding tert-OH is 1. The molecule has 0 heterocycles. The maximum absolute atomic E-state index is 9.64. The highest BCUT2D eigenvalue weighted by Crippen LogP contribution is 2.30. The second-order valence-corrected chi connectivity index (χ2v) is 4.00. The molecular formula is C10H14BrNO2. The zero-order chi connectivity index (χ0) is 10.7. The molecule has 0 aliphatic rings. The number of aryl methyl sites for hydroxylation is 1. The zero-order valence-corrected chi connectivity index (χ0v) is 9.58. The van der Waals surface area contributed by atoms with E-state index in [0.29, 0.717) is 5.56 Å². The van der Waals surface area contributed by atoms with Crippen molar-refractivity contribution in [3.8, 4) is 5.75 Å². The normalized spacial score (nSPS) is 12.9. The average molecular weight is 260 g/mol. The van der Waals surface area contributed by atoms with Crippen molar-refractivity contribution < 1.29 is 10.2 Å². The van der Waals surface area contributed by atoms with Gasteiger partial charge in [0, 0.05) is 10.0 Å². The molecule has 1 aromatic carbocycles. The standard InChI is InChI=1S/C10H14BrNO2/c1-2-6-3-10(14)7(4-8(6)11)9(12)5-13/h3-4,9,13-14H,2,5,12H2,1H3. The molecule has 14 heavy (non-hydrogen) atoms. The monoisotopic (exact) mass is 259 g/mol. The fraction of sp³-hybridized carbons (Fsp3) is 0.400. The molecule has 0 aliphatic carbocycles. The van der Waals surface area contributed by atoms with E-state index in [4.69, 9.17) is 10.8 Å². The molecule has 0 aliphatic heterocycles. The first-order valence-electron chi connectivity index (χ1n) is 4.47. The van der Waals surface area contributed by atoms with E-state index in [0.717, 1.165) is 16.5 Å². The Morgan fingerprint density at radius 2 is 2.14 bits per heavy atom. The largest absolute Gasteiger partial charge is 0.508 e. The van der Waals surface area contributed by atoms with Crippen molar-refractivity contribution in [2.24, 2.45) is 5.73 Å². The van der Waals surface area contributed by atoms with Crippen LogP contribution in [0.3, 0.4) is 0 Å². The molecule has 1 aromatic rings. The summed E-state index contributed by atoms with van der Waals surface area (Å²) in [4.78, 5) is 0. The maximum atomic E-state index is 9.64. The van der Waals surface area contributed by atoms with Crippen LogP contribution >= 0.6 is 15.9 Å². The van der Waals surface area contributed by atoms with E-state index in [1.165, 1.54) is 0 Å². The Hall–Kier alpha value is -0.580. The van der Waals surface area contributed by atoms with Crippen LogP contribution in [0, 0.1) is 0 Å². The van der Waals surface area contributed by atoms with Crippen LogP contribution in [0.5, 0.6) is 5.75 Å². The van der Waals surface area contributed by atoms with Crippen LogP contribution in [0.4, 0.5) is 0 Å². The van der Waals surface area contributed by atoms with Crippen LogP contribution in [-0.4, -0.2) is 16.8 Å². The van der Waals surface area contributed by atoms with E-state index in [2.05, 4.69) is 15.9 Å². The minimum atomic E-state index is -0.530. The van der Waals surface area contributed by atoms with Gasteiger partial charge in [0.2, 0.25) is 0 Å². The SMILES string of the molecule is CCc1cc(O)c(C(N)CO)cc1Br. The Balaban J connectivity index is 3.14. The third-order valence-corrected chi connectivity index (χ3v) is 2.91. The number of phenolic OH excluding ortho intramolecular Hbond substituents is 1. The number of benzene rings is 1. The molecule has 3 nitrogen and oxygen atoms in total. The van der Waals surface area contributed by atoms with Gasteiger partial charge < -0.3 is 15.9 Å². The molecule has 0 spiro atoms. The number of halogens is 1. The van der Waals surface area contributed by atoms with Crippen molar-refractivity contribution in [2.45, 2.75) is 19.4 Å². The van der Waals surface area contributed by atoms with Gasteiger partial charge in [-0.15, -0.1) is 0 Å². The molecule has 4 N–H and O–H groups in total. The summed E-state index contributed by atoms with van der Waals surface area (Å²) in [6, 6.07) is 2.90. The Bertz CT molecular complexity index is 328. The van der Waals surface area contributed by atoms with E-state index in [1.807, 2.05) is 6.92 Å². The second kappa shape index (κ2) is 4.77. The second-order valence-electron chi connectivity index (χ2n) is 3.15. The summed E-state index contributed by atoms with van der Waals surface area (Å²) in [6.45, 7) is 1.83. The Kier molecular flexibility index (Phi) is 3.92. The zero-order valence-electron chi connectivity index (χ0n) is 8.00. The highest BCUT2D eigenvalue weighted by molar-refractivity contribution is 9.10. The first kappa shape index (κ1) is 11.5. The summed E-state index contributed by atoms with van der Waals surface area (Å²) < 4.78 is 0.914. The molecule has 0 aromatic heterocycles. The van der Waals surface area contributed by atoms with Crippen molar-refractivity contribution in [3.05, 3.63) is 27.7 Å². The predicted molar refractivity (Wildman–Crippen MR) is 59.2 cm³/mol. The molecule has 0 saturated heterocycles. The van der Waals surface area contributed by atoms with E-state index < -0.39 is 6.04 Å². The first-order chi connectivity index (χ1) is 6.60. The number of aromatic hydroxyl groups is 1. The van der Waals surface area contributed by atoms with Gasteiger partial charge in [0.15, 0.2) is 0 Å². The lowest BCUT2D eigenvalue weighted by Gasteiger charge is -2.13. The number of phenols is 1. The van der Waals surface area contributed by atoms with Crippen LogP contribution in [0.2, 0.25) is 0 Å². The predicted octanol–water partition coefficient (Wildman–Crippen LogP) is 1.71. The lowest BCUT2D eigenvalue weighted by atomic mass is 10.0. The van der Waals surface area contributed by atoms with Crippen molar-refractivity contribution in [1.29, 1.82) is 0 Å². The fourth-order valence-corrected chi connectivity index (χ4v) is 1.93. The van der Waals surface area contributed by atoms with Crippen LogP contribution in [0.25, 0.3) is 0 Å². The van der Waals surface area contributed by atoms with Gasteiger partial charge >= 0.3 is 0 Å². The number of rotatable bonds is 3. The van der Waals surface area contributed by atoms with Crippen molar-refractivity contribution in [3.63, 3.8) is 0 Å². The van der Waals surface area contributed by atoms with Gasteiger partial charge in [0.05, 0.1) is 12.6 Å². The van der Waals surface area contributed by atoms with E-state index in [9.17, 15) is 5.11 Å². The lowest BCUT2D eigenvalue weighted by molar-refractivity contribution is 0.265. The highest BCUT2D eigenvalue weighted by atomic mass is 79.9. The molecule has 0 radical (unpaired) electrons. The van der Waals surface area contributed by atoms with Crippen molar-refractivity contribution in [2.75, 3.05) is 6.61 Å². The van der Waals surface area contributed by atoms with Crippen molar-refractivity contribution in [1.82, 2.24) is 0 Å². The lowest BCUT2D eigenvalue weighted by Crippen LogP contribution is -2.14. The summed E-state index contributed by atoms with van der Waals surface area (Å²) in [5, 5.41) is 18.5. The quantitative estimate of drug-likeness (QED) is 0.775. The Morgan fingerprint density at radius 3 is 2.64 bits per heavy atom. The summed E-state index contributed by atoms with van der Waals surface area (Å²) in [7, 11) is 0. The van der Waals surface area contributed by atoms with Crippen LogP contribution in [0.15, 0.2) is 16.6 Å². The average Bonchev–Trinajstić information content (AvgIpc) is 2.19. The van der Waals surface area contributed by atoms with Gasteiger partial charge in [-0.3, -0.25) is 0 Å². The van der Waals surface area contributed by atoms with E-state index in [-0.39, 0.29) is 12.4 Å². The highest BCUT2D eigenvalue weighted by Gasteiger charge is 2.12. The van der Waals surface area contributed by atoms with Crippen molar-refractivity contribution >= 4 is 15.9 Å². The summed E-state index contributed by atoms with van der Waals surface area (Å²) in [5.41, 5.74) is 7.22. The number of hydrogen-bond acceptors (Lipinski definition) is 3. The van der Waals surface area contributed by atoms with Gasteiger partial charge in [-0.05, 0) is 24.1 Å². The third-order valence-electron chi connectivity index (χ3n) is 2.17. The number of nitrogens with two attached hydrogens (primary N) is 1. The molecule has 78 valence electrons. The molecule has 4 heteroatoms. The fourth-order valence-electron chi connectivity index (χ4n) is 1.29. The molecular weight excluding hydrogens is 246 g/mol. The summed E-state index contributed by atoms with van der Waals surface area (Å²) in [5.74, 6) is 0.145. The molecule has 1 atom stereocenters. The molecule has 1 unspecified atom stereocenters. The van der Waals surface area contributed by atoms with Gasteiger partial charge in [0.1, 0.15) is 5.75 Å². The number of hydrogen-bond donors (Lipinski definition) is 3. The molecule has 0 amide bonds. The number of aliphatic hydroxyl groups is 1. The minimum Gasteiger partial charge on any atom is -0.508 e. The molecule has 1 rings (SSSR count). The van der Waals surface area contributed by atoms with Crippen LogP contribution < -0.4 is 5.73 Å². The Labute approximate surface area is 91.7 Å².